The number of hydrogen-bond donors (Lipinski definition) is 1. The van der Waals surface area contributed by atoms with E-state index in [1.54, 1.807) is 0 Å². The van der Waals surface area contributed by atoms with Gasteiger partial charge in [-0.1, -0.05) is 20.8 Å². The first kappa shape index (κ1) is 11.5. The fraction of sp³-hybridized carbons (Fsp3) is 0.909. The Kier molecular flexibility index (Phi) is 3.93. The summed E-state index contributed by atoms with van der Waals surface area (Å²) in [7, 11) is 0. The maximum absolute atomic E-state index is 11.1. The second kappa shape index (κ2) is 4.78. The summed E-state index contributed by atoms with van der Waals surface area (Å²) in [4.78, 5) is 13.2. The fourth-order valence-corrected chi connectivity index (χ4v) is 1.93. The molecule has 0 heterocycles. The minimum atomic E-state index is -0.678. The van der Waals surface area contributed by atoms with Crippen molar-refractivity contribution in [2.24, 2.45) is 11.8 Å². The predicted molar refractivity (Wildman–Crippen MR) is 56.2 cm³/mol. The van der Waals surface area contributed by atoms with Crippen molar-refractivity contribution in [2.45, 2.75) is 39.7 Å². The Bertz CT molecular complexity index is 199. The van der Waals surface area contributed by atoms with Crippen molar-refractivity contribution in [3.63, 3.8) is 0 Å². The van der Waals surface area contributed by atoms with E-state index in [0.29, 0.717) is 0 Å². The van der Waals surface area contributed by atoms with E-state index in [4.69, 9.17) is 5.11 Å². The largest absolute Gasteiger partial charge is 0.480 e. The van der Waals surface area contributed by atoms with E-state index in [9.17, 15) is 4.79 Å². The van der Waals surface area contributed by atoms with Crippen molar-refractivity contribution < 1.29 is 9.90 Å². The van der Waals surface area contributed by atoms with Crippen molar-refractivity contribution in [2.75, 3.05) is 13.1 Å². The molecule has 0 aromatic heterocycles. The highest BCUT2D eigenvalue weighted by Crippen LogP contribution is 2.30. The van der Waals surface area contributed by atoms with Crippen LogP contribution in [0, 0.1) is 11.8 Å². The molecule has 3 nitrogen and oxygen atoms in total. The molecule has 0 amide bonds. The molecule has 0 aromatic rings. The average molecular weight is 199 g/mol. The van der Waals surface area contributed by atoms with Crippen molar-refractivity contribution in [1.29, 1.82) is 0 Å². The summed E-state index contributed by atoms with van der Waals surface area (Å²) in [5.41, 5.74) is 0. The zero-order valence-corrected chi connectivity index (χ0v) is 9.36. The van der Waals surface area contributed by atoms with Crippen LogP contribution >= 0.6 is 0 Å². The van der Waals surface area contributed by atoms with E-state index in [2.05, 4.69) is 4.90 Å². The maximum Gasteiger partial charge on any atom is 0.321 e. The van der Waals surface area contributed by atoms with Gasteiger partial charge in [0.15, 0.2) is 0 Å². The van der Waals surface area contributed by atoms with E-state index >= 15 is 0 Å². The van der Waals surface area contributed by atoms with Crippen molar-refractivity contribution in [3.05, 3.63) is 0 Å². The number of carboxylic acid groups (broad SMARTS) is 1. The van der Waals surface area contributed by atoms with Gasteiger partial charge in [-0.15, -0.1) is 0 Å². The van der Waals surface area contributed by atoms with Crippen LogP contribution in [0.15, 0.2) is 0 Å². The SMILES string of the molecule is CCN(CC1CC1)C(C(=O)O)C(C)C. The summed E-state index contributed by atoms with van der Waals surface area (Å²) in [5.74, 6) is 0.268. The Morgan fingerprint density at radius 3 is 2.36 bits per heavy atom. The Morgan fingerprint density at radius 2 is 2.07 bits per heavy atom. The van der Waals surface area contributed by atoms with Crippen LogP contribution in [0.1, 0.15) is 33.6 Å². The third kappa shape index (κ3) is 2.98. The van der Waals surface area contributed by atoms with E-state index in [0.717, 1.165) is 19.0 Å². The fourth-order valence-electron chi connectivity index (χ4n) is 1.93. The van der Waals surface area contributed by atoms with Gasteiger partial charge in [0, 0.05) is 6.54 Å². The average Bonchev–Trinajstić information content (AvgIpc) is 2.85. The predicted octanol–water partition coefficient (Wildman–Crippen LogP) is 1.83. The van der Waals surface area contributed by atoms with Gasteiger partial charge in [0.1, 0.15) is 6.04 Å². The molecule has 1 unspecified atom stereocenters. The van der Waals surface area contributed by atoms with Gasteiger partial charge in [-0.25, -0.2) is 0 Å². The van der Waals surface area contributed by atoms with Crippen molar-refractivity contribution >= 4 is 5.97 Å². The molecule has 1 aliphatic carbocycles. The third-order valence-electron chi connectivity index (χ3n) is 2.87. The molecule has 82 valence electrons. The van der Waals surface area contributed by atoms with Crippen LogP contribution in [0.5, 0.6) is 0 Å². The molecule has 1 aliphatic rings. The molecular formula is C11H21NO2. The molecule has 0 spiro atoms. The van der Waals surface area contributed by atoms with Crippen LogP contribution in [0.3, 0.4) is 0 Å². The minimum Gasteiger partial charge on any atom is -0.480 e. The van der Waals surface area contributed by atoms with Crippen LogP contribution in [0.25, 0.3) is 0 Å². The lowest BCUT2D eigenvalue weighted by atomic mass is 10.0. The first-order valence-corrected chi connectivity index (χ1v) is 5.53. The molecule has 0 radical (unpaired) electrons. The molecule has 0 saturated heterocycles. The molecule has 1 rings (SSSR count). The quantitative estimate of drug-likeness (QED) is 0.709. The number of rotatable bonds is 6. The maximum atomic E-state index is 11.1. The van der Waals surface area contributed by atoms with E-state index in [1.807, 2.05) is 20.8 Å². The molecule has 3 heteroatoms. The van der Waals surface area contributed by atoms with Gasteiger partial charge in [-0.2, -0.15) is 0 Å². The van der Waals surface area contributed by atoms with Crippen LogP contribution in [0.4, 0.5) is 0 Å². The van der Waals surface area contributed by atoms with Crippen molar-refractivity contribution in [1.82, 2.24) is 4.90 Å². The Hall–Kier alpha value is -0.570. The first-order valence-electron chi connectivity index (χ1n) is 5.53. The zero-order chi connectivity index (χ0) is 10.7. The summed E-state index contributed by atoms with van der Waals surface area (Å²) < 4.78 is 0. The topological polar surface area (TPSA) is 40.5 Å². The zero-order valence-electron chi connectivity index (χ0n) is 9.36. The van der Waals surface area contributed by atoms with Gasteiger partial charge in [0.25, 0.3) is 0 Å². The number of hydrogen-bond acceptors (Lipinski definition) is 2. The van der Waals surface area contributed by atoms with Crippen LogP contribution in [-0.4, -0.2) is 35.1 Å². The van der Waals surface area contributed by atoms with Crippen molar-refractivity contribution in [3.8, 4) is 0 Å². The van der Waals surface area contributed by atoms with Crippen LogP contribution in [-0.2, 0) is 4.79 Å². The van der Waals surface area contributed by atoms with Gasteiger partial charge in [-0.3, -0.25) is 9.69 Å². The molecule has 1 saturated carbocycles. The number of nitrogens with zero attached hydrogens (tertiary/aromatic N) is 1. The van der Waals surface area contributed by atoms with Gasteiger partial charge < -0.3 is 5.11 Å². The Balaban J connectivity index is 2.56. The summed E-state index contributed by atoms with van der Waals surface area (Å²) in [6.45, 7) is 7.81. The molecule has 0 bridgehead atoms. The highest BCUT2D eigenvalue weighted by molar-refractivity contribution is 5.73. The summed E-state index contributed by atoms with van der Waals surface area (Å²) >= 11 is 0. The molecule has 1 atom stereocenters. The third-order valence-corrected chi connectivity index (χ3v) is 2.87. The number of carboxylic acids is 1. The Labute approximate surface area is 86.1 Å². The normalized spacial score (nSPS) is 18.9. The summed E-state index contributed by atoms with van der Waals surface area (Å²) in [6.07, 6.45) is 2.56. The number of carbonyl (C=O) groups is 1. The number of aliphatic carboxylic acids is 1. The molecule has 14 heavy (non-hydrogen) atoms. The lowest BCUT2D eigenvalue weighted by Gasteiger charge is -2.30. The first-order chi connectivity index (χ1) is 6.56. The lowest BCUT2D eigenvalue weighted by Crippen LogP contribution is -2.45. The highest BCUT2D eigenvalue weighted by atomic mass is 16.4. The van der Waals surface area contributed by atoms with E-state index in [1.165, 1.54) is 12.8 Å². The molecular weight excluding hydrogens is 178 g/mol. The van der Waals surface area contributed by atoms with E-state index in [-0.39, 0.29) is 12.0 Å². The Morgan fingerprint density at radius 1 is 1.50 bits per heavy atom. The molecule has 0 aromatic carbocycles. The standard InChI is InChI=1S/C11H21NO2/c1-4-12(7-9-5-6-9)10(8(2)3)11(13)14/h8-10H,4-7H2,1-3H3,(H,13,14). The lowest BCUT2D eigenvalue weighted by molar-refractivity contribution is -0.145. The second-order valence-corrected chi connectivity index (χ2v) is 4.56. The van der Waals surface area contributed by atoms with Gasteiger partial charge in [0.2, 0.25) is 0 Å². The molecule has 0 aliphatic heterocycles. The minimum absolute atomic E-state index is 0.186. The molecule has 1 fully saturated rings. The van der Waals surface area contributed by atoms with E-state index < -0.39 is 5.97 Å². The highest BCUT2D eigenvalue weighted by Gasteiger charge is 2.32. The summed E-state index contributed by atoms with van der Waals surface area (Å²) in [6, 6.07) is -0.305. The van der Waals surface area contributed by atoms with Gasteiger partial charge in [0.05, 0.1) is 0 Å². The van der Waals surface area contributed by atoms with Gasteiger partial charge in [-0.05, 0) is 31.2 Å². The van der Waals surface area contributed by atoms with Crippen LogP contribution < -0.4 is 0 Å². The smallest absolute Gasteiger partial charge is 0.321 e. The summed E-state index contributed by atoms with van der Waals surface area (Å²) in [5, 5.41) is 9.14. The number of likely N-dealkylation sites (N-methyl/N-ethyl adjacent to an activating group) is 1. The monoisotopic (exact) mass is 199 g/mol. The molecule has 1 N–H and O–H groups in total. The van der Waals surface area contributed by atoms with Crippen LogP contribution in [0.2, 0.25) is 0 Å². The van der Waals surface area contributed by atoms with Gasteiger partial charge >= 0.3 is 5.97 Å². The second-order valence-electron chi connectivity index (χ2n) is 4.56.